The highest BCUT2D eigenvalue weighted by Gasteiger charge is 2.08. The van der Waals surface area contributed by atoms with Gasteiger partial charge in [-0.05, 0) is 17.6 Å². The van der Waals surface area contributed by atoms with Crippen LogP contribution in [0.15, 0.2) is 66.8 Å². The maximum absolute atomic E-state index is 4.65. The minimum Gasteiger partial charge on any atom is -0.166 e. The summed E-state index contributed by atoms with van der Waals surface area (Å²) in [6, 6.07) is 10.3. The monoisotopic (exact) mass is 230 g/mol. The van der Waals surface area contributed by atoms with E-state index in [4.69, 9.17) is 0 Å². The van der Waals surface area contributed by atoms with Crippen LogP contribution in [0.2, 0.25) is 0 Å². The Labute approximate surface area is 104 Å². The average Bonchev–Trinajstić information content (AvgIpc) is 2.35. The molecule has 0 fully saturated rings. The van der Waals surface area contributed by atoms with Crippen LogP contribution in [0.25, 0.3) is 0 Å². The van der Waals surface area contributed by atoms with Crippen molar-refractivity contribution in [3.63, 3.8) is 0 Å². The van der Waals surface area contributed by atoms with E-state index in [2.05, 4.69) is 50.4 Å². The third-order valence-corrected chi connectivity index (χ3v) is 2.88. The van der Waals surface area contributed by atoms with Crippen molar-refractivity contribution < 1.29 is 0 Å². The minimum absolute atomic E-state index is 0.113. The summed E-state index contributed by atoms with van der Waals surface area (Å²) in [4.78, 5) is 0. The zero-order chi connectivity index (χ0) is 11.8. The highest BCUT2D eigenvalue weighted by atomic mass is 32.1. The van der Waals surface area contributed by atoms with Crippen molar-refractivity contribution in [3.05, 3.63) is 72.4 Å². The van der Waals surface area contributed by atoms with Crippen LogP contribution in [0, 0.1) is 0 Å². The first-order chi connectivity index (χ1) is 7.79. The van der Waals surface area contributed by atoms with Gasteiger partial charge in [-0.3, -0.25) is 0 Å². The third-order valence-electron chi connectivity index (χ3n) is 2.29. The van der Waals surface area contributed by atoms with Gasteiger partial charge < -0.3 is 0 Å². The van der Waals surface area contributed by atoms with Gasteiger partial charge in [0.2, 0.25) is 0 Å². The first-order valence-corrected chi connectivity index (χ1v) is 6.03. The van der Waals surface area contributed by atoms with Gasteiger partial charge in [0, 0.05) is 0 Å². The lowest BCUT2D eigenvalue weighted by molar-refractivity contribution is 1.15. The van der Waals surface area contributed by atoms with E-state index in [1.54, 1.807) is 0 Å². The number of benzene rings is 1. The summed E-state index contributed by atoms with van der Waals surface area (Å²) in [5.41, 5.74) is 2.38. The molecule has 84 valence electrons. The Morgan fingerprint density at radius 2 is 2.06 bits per heavy atom. The molecular formula is C15H18S. The summed E-state index contributed by atoms with van der Waals surface area (Å²) in [6.45, 7) is 5.86. The predicted molar refractivity (Wildman–Crippen MR) is 75.9 cm³/mol. The van der Waals surface area contributed by atoms with Crippen molar-refractivity contribution >= 4 is 12.6 Å². The smallest absolute Gasteiger partial charge is 0.0516 e. The third kappa shape index (κ3) is 3.74. The fourth-order valence-electron chi connectivity index (χ4n) is 1.46. The first kappa shape index (κ1) is 12.9. The molecule has 0 N–H and O–H groups in total. The Balaban J connectivity index is 2.92. The molecule has 1 aromatic rings. The summed E-state index contributed by atoms with van der Waals surface area (Å²) in [5, 5.41) is 0.113. The molecule has 0 saturated carbocycles. The maximum atomic E-state index is 4.65. The van der Waals surface area contributed by atoms with Gasteiger partial charge in [-0.1, -0.05) is 68.1 Å². The van der Waals surface area contributed by atoms with Crippen LogP contribution < -0.4 is 0 Å². The SMILES string of the molecule is C=C/C=C(\C=C/CC)C(S)c1ccccc1. The van der Waals surface area contributed by atoms with Crippen LogP contribution in [-0.4, -0.2) is 0 Å². The average molecular weight is 230 g/mol. The molecule has 0 saturated heterocycles. The van der Waals surface area contributed by atoms with Crippen LogP contribution in [0.1, 0.15) is 24.2 Å². The van der Waals surface area contributed by atoms with Gasteiger partial charge in [-0.2, -0.15) is 12.6 Å². The summed E-state index contributed by atoms with van der Waals surface area (Å²) in [5.74, 6) is 0. The number of rotatable bonds is 5. The lowest BCUT2D eigenvalue weighted by Gasteiger charge is -2.12. The molecule has 1 atom stereocenters. The molecule has 0 aliphatic carbocycles. The molecule has 0 bridgehead atoms. The normalized spacial score (nSPS) is 14.0. The molecule has 1 rings (SSSR count). The van der Waals surface area contributed by atoms with E-state index in [0.717, 1.165) is 6.42 Å². The fraction of sp³-hybridized carbons (Fsp3) is 0.200. The van der Waals surface area contributed by atoms with E-state index < -0.39 is 0 Å². The van der Waals surface area contributed by atoms with Crippen molar-refractivity contribution in [3.8, 4) is 0 Å². The molecule has 0 aromatic heterocycles. The van der Waals surface area contributed by atoms with E-state index in [1.807, 2.05) is 30.4 Å². The zero-order valence-electron chi connectivity index (χ0n) is 9.63. The first-order valence-electron chi connectivity index (χ1n) is 5.51. The Hall–Kier alpha value is -1.21. The second kappa shape index (κ2) is 7.13. The topological polar surface area (TPSA) is 0 Å². The molecule has 0 aliphatic rings. The molecule has 1 heteroatoms. The van der Waals surface area contributed by atoms with Crippen molar-refractivity contribution in [1.29, 1.82) is 0 Å². The fourth-order valence-corrected chi connectivity index (χ4v) is 1.80. The van der Waals surface area contributed by atoms with Crippen LogP contribution in [0.5, 0.6) is 0 Å². The molecule has 0 amide bonds. The number of thiol groups is 1. The van der Waals surface area contributed by atoms with E-state index >= 15 is 0 Å². The van der Waals surface area contributed by atoms with E-state index in [1.165, 1.54) is 11.1 Å². The lowest BCUT2D eigenvalue weighted by atomic mass is 10.0. The Kier molecular flexibility index (Phi) is 5.73. The van der Waals surface area contributed by atoms with Gasteiger partial charge in [0.05, 0.1) is 5.25 Å². The predicted octanol–water partition coefficient (Wildman–Crippen LogP) is 4.74. The largest absolute Gasteiger partial charge is 0.166 e. The molecule has 1 unspecified atom stereocenters. The van der Waals surface area contributed by atoms with Crippen LogP contribution in [0.3, 0.4) is 0 Å². The van der Waals surface area contributed by atoms with Crippen molar-refractivity contribution in [2.24, 2.45) is 0 Å². The molecule has 1 aromatic carbocycles. The van der Waals surface area contributed by atoms with Crippen molar-refractivity contribution in [2.45, 2.75) is 18.6 Å². The maximum Gasteiger partial charge on any atom is 0.0516 e. The summed E-state index contributed by atoms with van der Waals surface area (Å²) < 4.78 is 0. The number of hydrogen-bond acceptors (Lipinski definition) is 1. The summed E-state index contributed by atoms with van der Waals surface area (Å²) in [7, 11) is 0. The molecule has 0 radical (unpaired) electrons. The molecule has 16 heavy (non-hydrogen) atoms. The van der Waals surface area contributed by atoms with Crippen LogP contribution in [0.4, 0.5) is 0 Å². The summed E-state index contributed by atoms with van der Waals surface area (Å²) in [6.07, 6.45) is 9.11. The van der Waals surface area contributed by atoms with Gasteiger partial charge in [0.25, 0.3) is 0 Å². The van der Waals surface area contributed by atoms with Gasteiger partial charge in [-0.15, -0.1) is 0 Å². The van der Waals surface area contributed by atoms with Gasteiger partial charge in [-0.25, -0.2) is 0 Å². The summed E-state index contributed by atoms with van der Waals surface area (Å²) >= 11 is 4.65. The highest BCUT2D eigenvalue weighted by molar-refractivity contribution is 7.80. The molecule has 0 aliphatic heterocycles. The second-order valence-corrected chi connectivity index (χ2v) is 4.04. The van der Waals surface area contributed by atoms with E-state index in [9.17, 15) is 0 Å². The number of allylic oxidation sites excluding steroid dienone is 4. The molecule has 0 spiro atoms. The Bertz CT molecular complexity index is 374. The standard InChI is InChI=1S/C15H18S/c1-3-5-10-13(9-4-2)15(16)14-11-7-6-8-12-14/h4-12,15-16H,2-3H2,1H3/b10-5-,13-9+. The zero-order valence-corrected chi connectivity index (χ0v) is 10.5. The van der Waals surface area contributed by atoms with Crippen LogP contribution in [-0.2, 0) is 0 Å². The van der Waals surface area contributed by atoms with E-state index in [-0.39, 0.29) is 5.25 Å². The molecule has 0 nitrogen and oxygen atoms in total. The van der Waals surface area contributed by atoms with E-state index in [0.29, 0.717) is 0 Å². The number of hydrogen-bond donors (Lipinski definition) is 1. The van der Waals surface area contributed by atoms with Crippen LogP contribution >= 0.6 is 12.6 Å². The lowest BCUT2D eigenvalue weighted by Crippen LogP contribution is -1.92. The van der Waals surface area contributed by atoms with Crippen molar-refractivity contribution in [1.82, 2.24) is 0 Å². The Morgan fingerprint density at radius 1 is 1.38 bits per heavy atom. The highest BCUT2D eigenvalue weighted by Crippen LogP contribution is 2.28. The second-order valence-electron chi connectivity index (χ2n) is 3.53. The quantitative estimate of drug-likeness (QED) is 0.548. The molecule has 0 heterocycles. The van der Waals surface area contributed by atoms with Gasteiger partial charge in [0.15, 0.2) is 0 Å². The Morgan fingerprint density at radius 3 is 2.62 bits per heavy atom. The van der Waals surface area contributed by atoms with Gasteiger partial charge in [0.1, 0.15) is 0 Å². The molecular weight excluding hydrogens is 212 g/mol. The van der Waals surface area contributed by atoms with Crippen molar-refractivity contribution in [2.75, 3.05) is 0 Å². The minimum atomic E-state index is 0.113. The van der Waals surface area contributed by atoms with Gasteiger partial charge >= 0.3 is 0 Å².